The number of nitrogens with zero attached hydrogens (tertiary/aromatic N) is 4. The number of pyridine rings is 1. The largest absolute Gasteiger partial charge is 0.417 e. The van der Waals surface area contributed by atoms with Crippen molar-refractivity contribution in [2.24, 2.45) is 0 Å². The number of likely N-dealkylation sites (N-methyl/N-ethyl adjacent to an activating group) is 1. The smallest absolute Gasteiger partial charge is 0.412 e. The van der Waals surface area contributed by atoms with Crippen molar-refractivity contribution in [1.29, 1.82) is 0 Å². The lowest BCUT2D eigenvalue weighted by Gasteiger charge is -2.15. The third-order valence-corrected chi connectivity index (χ3v) is 6.39. The Morgan fingerprint density at radius 3 is 2.45 bits per heavy atom. The lowest BCUT2D eigenvalue weighted by atomic mass is 10.1. The molecule has 0 saturated carbocycles. The molecule has 40 heavy (non-hydrogen) atoms. The van der Waals surface area contributed by atoms with Crippen molar-refractivity contribution in [3.8, 4) is 11.3 Å². The first-order valence-corrected chi connectivity index (χ1v) is 12.5. The fourth-order valence-electron chi connectivity index (χ4n) is 3.82. The van der Waals surface area contributed by atoms with Crippen molar-refractivity contribution in [2.75, 3.05) is 44.9 Å². The van der Waals surface area contributed by atoms with Crippen LogP contribution in [0.2, 0.25) is 10.0 Å². The van der Waals surface area contributed by atoms with Gasteiger partial charge in [0, 0.05) is 41.4 Å². The molecule has 2 heterocycles. The highest BCUT2D eigenvalue weighted by molar-refractivity contribution is 6.34. The van der Waals surface area contributed by atoms with Gasteiger partial charge in [0.15, 0.2) is 5.65 Å². The summed E-state index contributed by atoms with van der Waals surface area (Å²) in [6.07, 6.45) is -4.72. The van der Waals surface area contributed by atoms with Gasteiger partial charge in [0.05, 0.1) is 21.3 Å². The molecule has 4 rings (SSSR count). The van der Waals surface area contributed by atoms with Gasteiger partial charge in [-0.3, -0.25) is 9.59 Å². The molecular formula is C26H23Cl2F3N6O3. The van der Waals surface area contributed by atoms with Crippen molar-refractivity contribution in [3.05, 3.63) is 80.1 Å². The Bertz CT molecular complexity index is 1640. The lowest BCUT2D eigenvalue weighted by Crippen LogP contribution is -2.26. The first kappa shape index (κ1) is 29.1. The van der Waals surface area contributed by atoms with Crippen LogP contribution in [-0.4, -0.2) is 59.8 Å². The number of alkyl halides is 3. The zero-order valence-electron chi connectivity index (χ0n) is 21.4. The molecule has 2 N–H and O–H groups in total. The SMILES string of the molecule is COn1c(=O)ccc2c(-c3ccc(NC(=O)c4ccc(Cl)c(C(F)(F)F)c4)cc3Cl)nc(NCCN(C)C)nc21. The minimum absolute atomic E-state index is 0.180. The van der Waals surface area contributed by atoms with Crippen molar-refractivity contribution in [2.45, 2.75) is 6.18 Å². The van der Waals surface area contributed by atoms with E-state index in [1.807, 2.05) is 19.0 Å². The molecule has 210 valence electrons. The summed E-state index contributed by atoms with van der Waals surface area (Å²) in [5.41, 5.74) is -0.491. The van der Waals surface area contributed by atoms with Gasteiger partial charge < -0.3 is 20.4 Å². The Morgan fingerprint density at radius 2 is 1.80 bits per heavy atom. The third kappa shape index (κ3) is 6.30. The number of benzene rings is 2. The number of hydrogen-bond acceptors (Lipinski definition) is 7. The van der Waals surface area contributed by atoms with Gasteiger partial charge in [-0.15, -0.1) is 4.73 Å². The molecule has 0 aliphatic carbocycles. The standard InChI is InChI=1S/C26H23Cl2F3N6O3/c1-36(2)11-10-32-25-34-22(17-7-9-21(38)37(40-3)23(17)35-25)16-6-5-15(13-20(16)28)33-24(39)14-4-8-19(27)18(12-14)26(29,30)31/h4-9,12-13H,10-11H2,1-3H3,(H,33,39)(H,32,34,35). The number of hydrogen-bond donors (Lipinski definition) is 2. The van der Waals surface area contributed by atoms with Crippen LogP contribution in [-0.2, 0) is 6.18 Å². The number of carbonyl (C=O) groups excluding carboxylic acids is 1. The van der Waals surface area contributed by atoms with Gasteiger partial charge in [-0.05, 0) is 56.6 Å². The van der Waals surface area contributed by atoms with Crippen LogP contribution in [0, 0.1) is 0 Å². The van der Waals surface area contributed by atoms with Crippen molar-refractivity contribution in [1.82, 2.24) is 19.6 Å². The summed E-state index contributed by atoms with van der Waals surface area (Å²) < 4.78 is 40.7. The van der Waals surface area contributed by atoms with Crippen molar-refractivity contribution >= 4 is 51.8 Å². The second-order valence-electron chi connectivity index (χ2n) is 8.85. The highest BCUT2D eigenvalue weighted by Crippen LogP contribution is 2.36. The van der Waals surface area contributed by atoms with Gasteiger partial charge in [-0.1, -0.05) is 23.2 Å². The molecular weight excluding hydrogens is 572 g/mol. The van der Waals surface area contributed by atoms with E-state index in [0.29, 0.717) is 35.8 Å². The lowest BCUT2D eigenvalue weighted by molar-refractivity contribution is -0.137. The number of aromatic nitrogens is 3. The predicted molar refractivity (Wildman–Crippen MR) is 148 cm³/mol. The summed E-state index contributed by atoms with van der Waals surface area (Å²) in [7, 11) is 5.17. The molecule has 0 radical (unpaired) electrons. The highest BCUT2D eigenvalue weighted by atomic mass is 35.5. The van der Waals surface area contributed by atoms with E-state index in [2.05, 4.69) is 20.6 Å². The normalized spacial score (nSPS) is 11.6. The molecule has 0 aliphatic rings. The van der Waals surface area contributed by atoms with E-state index in [9.17, 15) is 22.8 Å². The van der Waals surface area contributed by atoms with Crippen LogP contribution in [0.5, 0.6) is 0 Å². The molecule has 0 aliphatic heterocycles. The Morgan fingerprint density at radius 1 is 1.05 bits per heavy atom. The number of anilines is 2. The molecule has 1 amide bonds. The van der Waals surface area contributed by atoms with E-state index in [1.165, 1.54) is 31.4 Å². The van der Waals surface area contributed by atoms with Crippen LogP contribution < -0.4 is 21.0 Å². The Kier molecular flexibility index (Phi) is 8.52. The fraction of sp³-hybridized carbons (Fsp3) is 0.231. The molecule has 4 aromatic rings. The van der Waals surface area contributed by atoms with Gasteiger partial charge in [0.1, 0.15) is 7.11 Å². The average Bonchev–Trinajstić information content (AvgIpc) is 2.87. The van der Waals surface area contributed by atoms with Gasteiger partial charge in [0.2, 0.25) is 5.95 Å². The van der Waals surface area contributed by atoms with Gasteiger partial charge >= 0.3 is 6.18 Å². The van der Waals surface area contributed by atoms with Gasteiger partial charge in [0.25, 0.3) is 11.5 Å². The quantitative estimate of drug-likeness (QED) is 0.294. The van der Waals surface area contributed by atoms with E-state index >= 15 is 0 Å². The summed E-state index contributed by atoms with van der Waals surface area (Å²) in [5.74, 6) is -0.549. The number of fused-ring (bicyclic) bond motifs is 1. The average molecular weight is 595 g/mol. The minimum Gasteiger partial charge on any atom is -0.412 e. The number of carbonyl (C=O) groups is 1. The Balaban J connectivity index is 1.71. The monoisotopic (exact) mass is 594 g/mol. The minimum atomic E-state index is -4.72. The van der Waals surface area contributed by atoms with Gasteiger partial charge in [-0.25, -0.2) is 4.98 Å². The topological polar surface area (TPSA) is 101 Å². The number of amides is 1. The third-order valence-electron chi connectivity index (χ3n) is 5.75. The fourth-order valence-corrected chi connectivity index (χ4v) is 4.31. The summed E-state index contributed by atoms with van der Waals surface area (Å²) in [6, 6.07) is 10.3. The summed E-state index contributed by atoms with van der Waals surface area (Å²) >= 11 is 12.2. The van der Waals surface area contributed by atoms with E-state index in [1.54, 1.807) is 12.1 Å². The zero-order chi connectivity index (χ0) is 29.2. The summed E-state index contributed by atoms with van der Waals surface area (Å²) in [5, 5.41) is 5.80. The van der Waals surface area contributed by atoms with Crippen LogP contribution in [0.25, 0.3) is 22.3 Å². The second-order valence-corrected chi connectivity index (χ2v) is 9.67. The number of halogens is 5. The zero-order valence-corrected chi connectivity index (χ0v) is 22.9. The Hall–Kier alpha value is -3.87. The maximum absolute atomic E-state index is 13.2. The van der Waals surface area contributed by atoms with Crippen LogP contribution in [0.4, 0.5) is 24.8 Å². The number of nitrogens with one attached hydrogen (secondary N) is 2. The number of rotatable bonds is 8. The van der Waals surface area contributed by atoms with Gasteiger partial charge in [-0.2, -0.15) is 18.2 Å². The van der Waals surface area contributed by atoms with Crippen LogP contribution in [0.3, 0.4) is 0 Å². The highest BCUT2D eigenvalue weighted by Gasteiger charge is 2.34. The molecule has 9 nitrogen and oxygen atoms in total. The molecule has 14 heteroatoms. The molecule has 2 aromatic carbocycles. The molecule has 0 spiro atoms. The predicted octanol–water partition coefficient (Wildman–Crippen LogP) is 5.07. The van der Waals surface area contributed by atoms with Crippen LogP contribution >= 0.6 is 23.2 Å². The second kappa shape index (κ2) is 11.7. The van der Waals surface area contributed by atoms with Crippen molar-refractivity contribution in [3.63, 3.8) is 0 Å². The maximum Gasteiger partial charge on any atom is 0.417 e. The van der Waals surface area contributed by atoms with E-state index in [-0.39, 0.29) is 27.9 Å². The molecule has 0 bridgehead atoms. The molecule has 0 atom stereocenters. The first-order chi connectivity index (χ1) is 18.9. The first-order valence-electron chi connectivity index (χ1n) is 11.7. The Labute approximate surface area is 236 Å². The molecule has 0 fully saturated rings. The molecule has 2 aromatic heterocycles. The van der Waals surface area contributed by atoms with Crippen LogP contribution in [0.1, 0.15) is 15.9 Å². The van der Waals surface area contributed by atoms with Crippen LogP contribution in [0.15, 0.2) is 53.3 Å². The van der Waals surface area contributed by atoms with E-state index in [0.717, 1.165) is 10.8 Å². The van der Waals surface area contributed by atoms with E-state index in [4.69, 9.17) is 28.0 Å². The molecule has 0 saturated heterocycles. The maximum atomic E-state index is 13.2. The van der Waals surface area contributed by atoms with Crippen molar-refractivity contribution < 1.29 is 22.8 Å². The van der Waals surface area contributed by atoms with E-state index < -0.39 is 28.2 Å². The summed E-state index contributed by atoms with van der Waals surface area (Å²) in [4.78, 5) is 41.3. The summed E-state index contributed by atoms with van der Waals surface area (Å²) in [6.45, 7) is 1.21. The molecule has 0 unspecified atom stereocenters.